The van der Waals surface area contributed by atoms with Crippen LogP contribution in [0.5, 0.6) is 11.5 Å². The van der Waals surface area contributed by atoms with Gasteiger partial charge in [0.05, 0.1) is 20.3 Å². The Hall–Kier alpha value is -3.33. The smallest absolute Gasteiger partial charge is 0.257 e. The summed E-state index contributed by atoms with van der Waals surface area (Å²) in [4.78, 5) is 28.2. The first-order valence-electron chi connectivity index (χ1n) is 10.9. The van der Waals surface area contributed by atoms with Crippen LogP contribution in [-0.2, 0) is 11.3 Å². The molecular weight excluding hydrogens is 442 g/mol. The van der Waals surface area contributed by atoms with E-state index in [0.717, 1.165) is 12.8 Å². The SMILES string of the molecule is CCCCCCOc1ccc(C(=O)Nc2nc(-c3ccc(CNC(C)=O)o3)cs2)cc1OC. The molecule has 0 aliphatic carbocycles. The zero-order valence-electron chi connectivity index (χ0n) is 19.1. The first-order valence-corrected chi connectivity index (χ1v) is 11.8. The van der Waals surface area contributed by atoms with Gasteiger partial charge in [-0.1, -0.05) is 26.2 Å². The van der Waals surface area contributed by atoms with E-state index in [4.69, 9.17) is 13.9 Å². The van der Waals surface area contributed by atoms with Crippen LogP contribution in [0, 0.1) is 0 Å². The summed E-state index contributed by atoms with van der Waals surface area (Å²) < 4.78 is 16.9. The van der Waals surface area contributed by atoms with Gasteiger partial charge in [-0.25, -0.2) is 4.98 Å². The third-order valence-corrected chi connectivity index (χ3v) is 5.59. The molecule has 0 saturated carbocycles. The van der Waals surface area contributed by atoms with Crippen LogP contribution >= 0.6 is 11.3 Å². The minimum absolute atomic E-state index is 0.130. The number of nitrogens with one attached hydrogen (secondary N) is 2. The number of amides is 2. The monoisotopic (exact) mass is 471 g/mol. The zero-order valence-corrected chi connectivity index (χ0v) is 19.9. The summed E-state index contributed by atoms with van der Waals surface area (Å²) in [5.74, 6) is 1.90. The highest BCUT2D eigenvalue weighted by Gasteiger charge is 2.15. The van der Waals surface area contributed by atoms with Gasteiger partial charge in [0.2, 0.25) is 5.91 Å². The number of anilines is 1. The second-order valence-electron chi connectivity index (χ2n) is 7.44. The standard InChI is InChI=1S/C24H29N3O5S/c1-4-5-6-7-12-31-21-10-8-17(13-22(21)30-3)23(29)27-24-26-19(15-33-24)20-11-9-18(32-20)14-25-16(2)28/h8-11,13,15H,4-7,12,14H2,1-3H3,(H,25,28)(H,26,27,29). The lowest BCUT2D eigenvalue weighted by Crippen LogP contribution is -2.18. The van der Waals surface area contributed by atoms with E-state index in [1.807, 2.05) is 0 Å². The largest absolute Gasteiger partial charge is 0.493 e. The first kappa shape index (κ1) is 24.3. The Kier molecular flexibility index (Phi) is 8.88. The van der Waals surface area contributed by atoms with Crippen molar-refractivity contribution >= 4 is 28.3 Å². The zero-order chi connectivity index (χ0) is 23.6. The van der Waals surface area contributed by atoms with E-state index < -0.39 is 0 Å². The van der Waals surface area contributed by atoms with Gasteiger partial charge < -0.3 is 19.2 Å². The maximum atomic E-state index is 12.7. The predicted molar refractivity (Wildman–Crippen MR) is 128 cm³/mol. The quantitative estimate of drug-likeness (QED) is 0.349. The molecule has 9 heteroatoms. The number of unbranched alkanes of at least 4 members (excludes halogenated alkanes) is 3. The van der Waals surface area contributed by atoms with Crippen molar-refractivity contribution in [2.45, 2.75) is 46.1 Å². The second kappa shape index (κ2) is 12.1. The molecule has 2 aromatic heterocycles. The second-order valence-corrected chi connectivity index (χ2v) is 8.30. The summed E-state index contributed by atoms with van der Waals surface area (Å²) in [6.45, 7) is 4.54. The number of carbonyl (C=O) groups excluding carboxylic acids is 2. The summed E-state index contributed by atoms with van der Waals surface area (Å²) in [7, 11) is 1.55. The number of nitrogens with zero attached hydrogens (tertiary/aromatic N) is 1. The summed E-state index contributed by atoms with van der Waals surface area (Å²) in [5, 5.41) is 7.74. The molecule has 0 radical (unpaired) electrons. The minimum Gasteiger partial charge on any atom is -0.493 e. The van der Waals surface area contributed by atoms with Crippen molar-refractivity contribution in [2.75, 3.05) is 19.0 Å². The molecule has 0 fully saturated rings. The molecule has 0 aliphatic heterocycles. The van der Waals surface area contributed by atoms with Crippen LogP contribution in [0.4, 0.5) is 5.13 Å². The van der Waals surface area contributed by atoms with Crippen molar-refractivity contribution in [3.8, 4) is 23.0 Å². The first-order chi connectivity index (χ1) is 16.0. The van der Waals surface area contributed by atoms with E-state index in [1.54, 1.807) is 42.8 Å². The van der Waals surface area contributed by atoms with Crippen molar-refractivity contribution < 1.29 is 23.5 Å². The number of furan rings is 1. The molecule has 2 heterocycles. The Morgan fingerprint density at radius 3 is 2.73 bits per heavy atom. The van der Waals surface area contributed by atoms with E-state index >= 15 is 0 Å². The molecular formula is C24H29N3O5S. The van der Waals surface area contributed by atoms with E-state index in [2.05, 4.69) is 22.5 Å². The van der Waals surface area contributed by atoms with Gasteiger partial charge in [0, 0.05) is 17.9 Å². The maximum Gasteiger partial charge on any atom is 0.257 e. The number of thiazole rings is 1. The summed E-state index contributed by atoms with van der Waals surface area (Å²) in [6, 6.07) is 8.67. The predicted octanol–water partition coefficient (Wildman–Crippen LogP) is 5.26. The molecule has 176 valence electrons. The summed E-state index contributed by atoms with van der Waals surface area (Å²) in [5.41, 5.74) is 1.05. The van der Waals surface area contributed by atoms with Gasteiger partial charge in [0.15, 0.2) is 22.4 Å². The van der Waals surface area contributed by atoms with Crippen LogP contribution < -0.4 is 20.1 Å². The van der Waals surface area contributed by atoms with Crippen molar-refractivity contribution in [3.05, 3.63) is 47.0 Å². The number of aromatic nitrogens is 1. The molecule has 0 bridgehead atoms. The van der Waals surface area contributed by atoms with Gasteiger partial charge in [-0.3, -0.25) is 14.9 Å². The lowest BCUT2D eigenvalue weighted by Gasteiger charge is -2.12. The number of carbonyl (C=O) groups is 2. The Labute approximate surface area is 197 Å². The maximum absolute atomic E-state index is 12.7. The van der Waals surface area contributed by atoms with Gasteiger partial charge >= 0.3 is 0 Å². The highest BCUT2D eigenvalue weighted by atomic mass is 32.1. The van der Waals surface area contributed by atoms with Crippen LogP contribution in [0.15, 0.2) is 40.1 Å². The number of benzene rings is 1. The lowest BCUT2D eigenvalue weighted by molar-refractivity contribution is -0.119. The van der Waals surface area contributed by atoms with Crippen molar-refractivity contribution in [2.24, 2.45) is 0 Å². The molecule has 8 nitrogen and oxygen atoms in total. The lowest BCUT2D eigenvalue weighted by atomic mass is 10.2. The fourth-order valence-corrected chi connectivity index (χ4v) is 3.77. The third kappa shape index (κ3) is 7.08. The Balaban J connectivity index is 1.60. The number of ether oxygens (including phenoxy) is 2. The van der Waals surface area contributed by atoms with E-state index in [9.17, 15) is 9.59 Å². The van der Waals surface area contributed by atoms with E-state index in [0.29, 0.717) is 52.6 Å². The van der Waals surface area contributed by atoms with Crippen LogP contribution in [0.3, 0.4) is 0 Å². The van der Waals surface area contributed by atoms with Gasteiger partial charge in [0.25, 0.3) is 5.91 Å². The van der Waals surface area contributed by atoms with Crippen LogP contribution in [0.2, 0.25) is 0 Å². The fraction of sp³-hybridized carbons (Fsp3) is 0.375. The molecule has 0 atom stereocenters. The highest BCUT2D eigenvalue weighted by Crippen LogP contribution is 2.30. The third-order valence-electron chi connectivity index (χ3n) is 4.83. The average molecular weight is 472 g/mol. The molecule has 33 heavy (non-hydrogen) atoms. The van der Waals surface area contributed by atoms with E-state index in [-0.39, 0.29) is 11.8 Å². The van der Waals surface area contributed by atoms with Crippen molar-refractivity contribution in [1.29, 1.82) is 0 Å². The van der Waals surface area contributed by atoms with Crippen molar-refractivity contribution in [3.63, 3.8) is 0 Å². The van der Waals surface area contributed by atoms with Crippen LogP contribution in [0.1, 0.15) is 55.6 Å². The van der Waals surface area contributed by atoms with Crippen LogP contribution in [0.25, 0.3) is 11.5 Å². The summed E-state index contributed by atoms with van der Waals surface area (Å²) in [6.07, 6.45) is 4.48. The Bertz CT molecular complexity index is 1080. The molecule has 3 aromatic rings. The summed E-state index contributed by atoms with van der Waals surface area (Å²) >= 11 is 1.30. The molecule has 2 amide bonds. The van der Waals surface area contributed by atoms with Gasteiger partial charge in [-0.05, 0) is 36.8 Å². The van der Waals surface area contributed by atoms with Crippen LogP contribution in [-0.4, -0.2) is 30.5 Å². The van der Waals surface area contributed by atoms with Gasteiger partial charge in [-0.15, -0.1) is 11.3 Å². The fourth-order valence-electron chi connectivity index (χ4n) is 3.07. The van der Waals surface area contributed by atoms with Crippen molar-refractivity contribution in [1.82, 2.24) is 10.3 Å². The average Bonchev–Trinajstić information content (AvgIpc) is 3.47. The number of hydrogen-bond acceptors (Lipinski definition) is 7. The number of methoxy groups -OCH3 is 1. The van der Waals surface area contributed by atoms with E-state index in [1.165, 1.54) is 31.1 Å². The Morgan fingerprint density at radius 1 is 1.12 bits per heavy atom. The number of rotatable bonds is 12. The molecule has 2 N–H and O–H groups in total. The molecule has 1 aromatic carbocycles. The normalized spacial score (nSPS) is 10.6. The molecule has 0 spiro atoms. The topological polar surface area (TPSA) is 103 Å². The molecule has 3 rings (SSSR count). The molecule has 0 unspecified atom stereocenters. The number of hydrogen-bond donors (Lipinski definition) is 2. The minimum atomic E-state index is -0.297. The van der Waals surface area contributed by atoms with Gasteiger partial charge in [0.1, 0.15) is 11.5 Å². The Morgan fingerprint density at radius 2 is 1.97 bits per heavy atom. The highest BCUT2D eigenvalue weighted by molar-refractivity contribution is 7.14. The van der Waals surface area contributed by atoms with Gasteiger partial charge in [-0.2, -0.15) is 0 Å². The molecule has 0 aliphatic rings. The molecule has 0 saturated heterocycles.